The Balaban J connectivity index is 1.79. The Bertz CT molecular complexity index is 1050. The smallest absolute Gasteiger partial charge is 0.387 e. The normalized spacial score (nSPS) is 13.5. The van der Waals surface area contributed by atoms with Crippen molar-refractivity contribution in [2.45, 2.75) is 18.5 Å². The summed E-state index contributed by atoms with van der Waals surface area (Å²) in [6.07, 6.45) is -9.50. The molecule has 160 valence electrons. The summed E-state index contributed by atoms with van der Waals surface area (Å²) < 4.78 is 79.4. The summed E-state index contributed by atoms with van der Waals surface area (Å²) >= 11 is 0. The molecular weight excluding hydrogens is 414 g/mol. The van der Waals surface area contributed by atoms with Crippen molar-refractivity contribution in [1.29, 1.82) is 0 Å². The fourth-order valence-electron chi connectivity index (χ4n) is 3.00. The number of alkyl halides is 6. The number of aromatic nitrogens is 1. The van der Waals surface area contributed by atoms with Gasteiger partial charge in [-0.3, -0.25) is 4.79 Å². The van der Waals surface area contributed by atoms with Crippen LogP contribution < -0.4 is 5.32 Å². The third-order valence-electron chi connectivity index (χ3n) is 4.60. The van der Waals surface area contributed by atoms with Crippen LogP contribution in [0.4, 0.5) is 26.3 Å². The lowest BCUT2D eigenvalue weighted by Gasteiger charge is -2.16. The second-order valence-corrected chi connectivity index (χ2v) is 6.77. The minimum Gasteiger partial charge on any atom is -0.387 e. The zero-order chi connectivity index (χ0) is 22.3. The predicted molar refractivity (Wildman–Crippen MR) is 96.7 cm³/mol. The average Bonchev–Trinajstić information content (AvgIpc) is 3.04. The number of nitrogens with zero attached hydrogens (tertiary/aromatic N) is 1. The van der Waals surface area contributed by atoms with E-state index in [1.165, 1.54) is 0 Å². The number of aryl methyl sites for hydroxylation is 1. The SMILES string of the molecule is Cn1ccc2cc([C@H](O)CNC(=O)c3cc(C(F)(F)F)cc(C(F)(F)F)c3)ccc21. The van der Waals surface area contributed by atoms with E-state index in [4.69, 9.17) is 0 Å². The number of fused-ring (bicyclic) bond motifs is 1. The highest BCUT2D eigenvalue weighted by Gasteiger charge is 2.37. The number of aliphatic hydroxyl groups is 1. The first-order valence-electron chi connectivity index (χ1n) is 8.67. The van der Waals surface area contributed by atoms with Crippen molar-refractivity contribution < 1.29 is 36.2 Å². The number of hydrogen-bond acceptors (Lipinski definition) is 2. The van der Waals surface area contributed by atoms with Crippen LogP contribution in [0.15, 0.2) is 48.7 Å². The van der Waals surface area contributed by atoms with Gasteiger partial charge in [-0.2, -0.15) is 26.3 Å². The van der Waals surface area contributed by atoms with E-state index in [-0.39, 0.29) is 6.07 Å². The van der Waals surface area contributed by atoms with Gasteiger partial charge in [0.05, 0.1) is 17.2 Å². The summed E-state index contributed by atoms with van der Waals surface area (Å²) in [6.45, 7) is -0.394. The molecule has 4 nitrogen and oxygen atoms in total. The number of aliphatic hydroxyl groups excluding tert-OH is 1. The molecule has 1 heterocycles. The van der Waals surface area contributed by atoms with E-state index < -0.39 is 47.6 Å². The van der Waals surface area contributed by atoms with Gasteiger partial charge in [-0.25, -0.2) is 0 Å². The van der Waals surface area contributed by atoms with E-state index in [1.807, 2.05) is 23.9 Å². The minimum absolute atomic E-state index is 0.0549. The molecule has 0 aliphatic rings. The standard InChI is InChI=1S/C20H16F6N2O2/c1-28-5-4-11-6-12(2-3-16(11)28)17(29)10-27-18(30)13-7-14(19(21,22)23)9-15(8-13)20(24,25)26/h2-9,17,29H,10H2,1H3,(H,27,30)/t17-/m1/s1. The van der Waals surface area contributed by atoms with Gasteiger partial charge in [0.25, 0.3) is 5.91 Å². The van der Waals surface area contributed by atoms with E-state index in [1.54, 1.807) is 18.2 Å². The highest BCUT2D eigenvalue weighted by molar-refractivity contribution is 5.94. The van der Waals surface area contributed by atoms with Crippen molar-refractivity contribution in [3.05, 3.63) is 70.9 Å². The topological polar surface area (TPSA) is 54.3 Å². The average molecular weight is 430 g/mol. The summed E-state index contributed by atoms with van der Waals surface area (Å²) in [5, 5.41) is 13.3. The fourth-order valence-corrected chi connectivity index (χ4v) is 3.00. The van der Waals surface area contributed by atoms with Crippen LogP contribution in [0.25, 0.3) is 10.9 Å². The van der Waals surface area contributed by atoms with Crippen LogP contribution in [-0.4, -0.2) is 22.1 Å². The molecule has 3 aromatic rings. The number of amides is 1. The van der Waals surface area contributed by atoms with Gasteiger partial charge in [-0.05, 0) is 47.3 Å². The molecule has 0 radical (unpaired) electrons. The molecular formula is C20H16F6N2O2. The van der Waals surface area contributed by atoms with E-state index >= 15 is 0 Å². The molecule has 2 N–H and O–H groups in total. The molecule has 0 aliphatic carbocycles. The van der Waals surface area contributed by atoms with Crippen LogP contribution >= 0.6 is 0 Å². The summed E-state index contributed by atoms with van der Waals surface area (Å²) in [4.78, 5) is 12.2. The first kappa shape index (κ1) is 21.7. The Kier molecular flexibility index (Phi) is 5.55. The Labute approximate surface area is 166 Å². The predicted octanol–water partition coefficient (Wildman–Crippen LogP) is 4.68. The van der Waals surface area contributed by atoms with Gasteiger partial charge in [0.1, 0.15) is 0 Å². The second kappa shape index (κ2) is 7.67. The van der Waals surface area contributed by atoms with Crippen LogP contribution in [0.1, 0.15) is 33.2 Å². The van der Waals surface area contributed by atoms with Gasteiger partial charge >= 0.3 is 12.4 Å². The minimum atomic E-state index is -5.05. The van der Waals surface area contributed by atoms with Crippen molar-refractivity contribution in [3.8, 4) is 0 Å². The van der Waals surface area contributed by atoms with Gasteiger partial charge in [0, 0.05) is 30.9 Å². The van der Waals surface area contributed by atoms with Crippen LogP contribution in [0.2, 0.25) is 0 Å². The van der Waals surface area contributed by atoms with Crippen molar-refractivity contribution >= 4 is 16.8 Å². The molecule has 2 aromatic carbocycles. The van der Waals surface area contributed by atoms with Crippen LogP contribution in [0.3, 0.4) is 0 Å². The maximum atomic E-state index is 12.9. The van der Waals surface area contributed by atoms with Gasteiger partial charge in [-0.1, -0.05) is 6.07 Å². The van der Waals surface area contributed by atoms with Gasteiger partial charge in [-0.15, -0.1) is 0 Å². The molecule has 10 heteroatoms. The number of nitrogens with one attached hydrogen (secondary N) is 1. The molecule has 0 spiro atoms. The zero-order valence-electron chi connectivity index (χ0n) is 15.5. The summed E-state index contributed by atoms with van der Waals surface area (Å²) in [5.74, 6) is -1.16. The van der Waals surface area contributed by atoms with E-state index in [9.17, 15) is 36.2 Å². The largest absolute Gasteiger partial charge is 0.416 e. The number of rotatable bonds is 4. The monoisotopic (exact) mass is 430 g/mol. The molecule has 30 heavy (non-hydrogen) atoms. The third-order valence-corrected chi connectivity index (χ3v) is 4.60. The van der Waals surface area contributed by atoms with Crippen LogP contribution in [0, 0.1) is 0 Å². The number of halogens is 6. The van der Waals surface area contributed by atoms with Crippen LogP contribution in [0.5, 0.6) is 0 Å². The summed E-state index contributed by atoms with van der Waals surface area (Å²) in [6, 6.07) is 7.48. The Morgan fingerprint density at radius 1 is 1.00 bits per heavy atom. The molecule has 0 aliphatic heterocycles. The molecule has 1 atom stereocenters. The molecule has 0 unspecified atom stereocenters. The molecule has 0 bridgehead atoms. The highest BCUT2D eigenvalue weighted by atomic mass is 19.4. The number of hydrogen-bond donors (Lipinski definition) is 2. The number of carbonyl (C=O) groups excluding carboxylic acids is 1. The number of benzene rings is 2. The molecule has 0 saturated carbocycles. The molecule has 1 aromatic heterocycles. The summed E-state index contributed by atoms with van der Waals surface area (Å²) in [5.41, 5.74) is -2.63. The lowest BCUT2D eigenvalue weighted by Crippen LogP contribution is -2.29. The van der Waals surface area contributed by atoms with Crippen molar-refractivity contribution in [1.82, 2.24) is 9.88 Å². The van der Waals surface area contributed by atoms with E-state index in [2.05, 4.69) is 5.32 Å². The maximum Gasteiger partial charge on any atom is 0.416 e. The molecule has 0 saturated heterocycles. The lowest BCUT2D eigenvalue weighted by molar-refractivity contribution is -0.143. The Morgan fingerprint density at radius 3 is 2.17 bits per heavy atom. The molecule has 1 amide bonds. The van der Waals surface area contributed by atoms with Gasteiger partial charge in [0.2, 0.25) is 0 Å². The van der Waals surface area contributed by atoms with Gasteiger partial charge in [0.15, 0.2) is 0 Å². The first-order valence-corrected chi connectivity index (χ1v) is 8.67. The van der Waals surface area contributed by atoms with Crippen molar-refractivity contribution in [2.75, 3.05) is 6.54 Å². The third kappa shape index (κ3) is 4.59. The molecule has 0 fully saturated rings. The maximum absolute atomic E-state index is 12.9. The van der Waals surface area contributed by atoms with Crippen LogP contribution in [-0.2, 0) is 19.4 Å². The fraction of sp³-hybridized carbons (Fsp3) is 0.250. The summed E-state index contributed by atoms with van der Waals surface area (Å²) in [7, 11) is 1.84. The van der Waals surface area contributed by atoms with E-state index in [0.717, 1.165) is 10.9 Å². The highest BCUT2D eigenvalue weighted by Crippen LogP contribution is 2.36. The van der Waals surface area contributed by atoms with Crippen molar-refractivity contribution in [2.24, 2.45) is 7.05 Å². The van der Waals surface area contributed by atoms with Crippen molar-refractivity contribution in [3.63, 3.8) is 0 Å². The Hall–Kier alpha value is -3.01. The zero-order valence-corrected chi connectivity index (χ0v) is 15.5. The second-order valence-electron chi connectivity index (χ2n) is 6.77. The number of carbonyl (C=O) groups is 1. The molecule has 3 rings (SSSR count). The van der Waals surface area contributed by atoms with Gasteiger partial charge < -0.3 is 15.0 Å². The van der Waals surface area contributed by atoms with E-state index in [0.29, 0.717) is 17.7 Å². The quantitative estimate of drug-likeness (QED) is 0.591. The lowest BCUT2D eigenvalue weighted by atomic mass is 10.0. The first-order chi connectivity index (χ1) is 13.9. The Morgan fingerprint density at radius 2 is 1.60 bits per heavy atom.